The van der Waals surface area contributed by atoms with E-state index in [0.29, 0.717) is 6.10 Å². The monoisotopic (exact) mass is 302 g/mol. The Labute approximate surface area is 131 Å². The van der Waals surface area contributed by atoms with Crippen molar-refractivity contribution in [1.29, 1.82) is 0 Å². The van der Waals surface area contributed by atoms with Crippen LogP contribution in [0.1, 0.15) is 52.5 Å². The van der Waals surface area contributed by atoms with Gasteiger partial charge in [-0.25, -0.2) is 0 Å². The molecule has 2 rings (SSSR count). The smallest absolute Gasteiger partial charge is 0.192 e. The first-order chi connectivity index (χ1) is 10.2. The van der Waals surface area contributed by atoms with Gasteiger partial charge in [-0.3, -0.25) is 0 Å². The van der Waals surface area contributed by atoms with E-state index < -0.39 is 8.32 Å². The summed E-state index contributed by atoms with van der Waals surface area (Å²) in [6.07, 6.45) is 4.03. The maximum Gasteiger partial charge on any atom is 0.192 e. The van der Waals surface area contributed by atoms with Crippen LogP contribution >= 0.6 is 0 Å². The van der Waals surface area contributed by atoms with Gasteiger partial charge in [0, 0.05) is 0 Å². The number of allylic oxidation sites excluding steroid dienone is 1. The van der Waals surface area contributed by atoms with Gasteiger partial charge in [0.15, 0.2) is 8.32 Å². The Morgan fingerprint density at radius 1 is 1.05 bits per heavy atom. The van der Waals surface area contributed by atoms with Crippen molar-refractivity contribution in [2.75, 3.05) is 0 Å². The lowest BCUT2D eigenvalue weighted by molar-refractivity contribution is 0.203. The van der Waals surface area contributed by atoms with Gasteiger partial charge in [0.1, 0.15) is 0 Å². The molecule has 0 saturated carbocycles. The Balaban J connectivity index is 2.25. The predicted molar refractivity (Wildman–Crippen MR) is 95.0 cm³/mol. The molecule has 0 spiro atoms. The topological polar surface area (TPSA) is 9.23 Å². The molecule has 116 valence electrons. The molecule has 1 aromatic carbocycles. The molecule has 0 radical (unpaired) electrons. The van der Waals surface area contributed by atoms with E-state index in [1.54, 1.807) is 0 Å². The van der Waals surface area contributed by atoms with Crippen molar-refractivity contribution in [2.45, 2.75) is 71.2 Å². The first kappa shape index (κ1) is 16.5. The third-order valence-electron chi connectivity index (χ3n) is 5.30. The van der Waals surface area contributed by atoms with Gasteiger partial charge in [-0.2, -0.15) is 0 Å². The highest BCUT2D eigenvalue weighted by molar-refractivity contribution is 6.73. The van der Waals surface area contributed by atoms with Crippen LogP contribution in [0.2, 0.25) is 18.1 Å². The summed E-state index contributed by atoms with van der Waals surface area (Å²) in [7, 11) is -1.51. The van der Waals surface area contributed by atoms with Crippen molar-refractivity contribution < 1.29 is 4.43 Å². The van der Waals surface area contributed by atoms with Crippen LogP contribution < -0.4 is 0 Å². The highest BCUT2D eigenvalue weighted by Crippen LogP contribution is 2.36. The van der Waals surface area contributed by atoms with Gasteiger partial charge in [-0.05, 0) is 61.0 Å². The zero-order valence-electron chi connectivity index (χ0n) is 14.1. The summed E-state index contributed by atoms with van der Waals surface area (Å²) in [4.78, 5) is 0. The zero-order valence-corrected chi connectivity index (χ0v) is 15.1. The van der Waals surface area contributed by atoms with E-state index in [-0.39, 0.29) is 0 Å². The van der Waals surface area contributed by atoms with Crippen LogP contribution in [-0.2, 0) is 4.43 Å². The molecule has 0 aliphatic heterocycles. The van der Waals surface area contributed by atoms with Gasteiger partial charge in [0.05, 0.1) is 6.10 Å². The Hall–Kier alpha value is -0.863. The third-order valence-corrected chi connectivity index (χ3v) is 9.95. The first-order valence-electron chi connectivity index (χ1n) is 8.58. The molecule has 0 aromatic heterocycles. The highest BCUT2D eigenvalue weighted by atomic mass is 28.4. The summed E-state index contributed by atoms with van der Waals surface area (Å²) in [6, 6.07) is 14.6. The zero-order chi connectivity index (χ0) is 15.3. The number of benzene rings is 1. The van der Waals surface area contributed by atoms with Crippen molar-refractivity contribution in [3.05, 3.63) is 41.5 Å². The Kier molecular flexibility index (Phi) is 5.83. The first-order valence-corrected chi connectivity index (χ1v) is 11.1. The molecule has 0 unspecified atom stereocenters. The fraction of sp³-hybridized carbons (Fsp3) is 0.579. The molecule has 1 nitrogen and oxygen atoms in total. The van der Waals surface area contributed by atoms with Gasteiger partial charge in [0.25, 0.3) is 0 Å². The molecule has 0 heterocycles. The molecule has 21 heavy (non-hydrogen) atoms. The van der Waals surface area contributed by atoms with E-state index in [9.17, 15) is 0 Å². The fourth-order valence-electron chi connectivity index (χ4n) is 3.53. The molecular weight excluding hydrogens is 272 g/mol. The van der Waals surface area contributed by atoms with E-state index in [1.807, 2.05) is 0 Å². The molecule has 0 bridgehead atoms. The largest absolute Gasteiger partial charge is 0.410 e. The van der Waals surface area contributed by atoms with Gasteiger partial charge in [-0.15, -0.1) is 0 Å². The van der Waals surface area contributed by atoms with Crippen LogP contribution in [0, 0.1) is 0 Å². The van der Waals surface area contributed by atoms with Gasteiger partial charge >= 0.3 is 0 Å². The van der Waals surface area contributed by atoms with Gasteiger partial charge in [-0.1, -0.05) is 51.1 Å². The lowest BCUT2D eigenvalue weighted by atomic mass is 9.86. The second-order valence-electron chi connectivity index (χ2n) is 6.27. The van der Waals surface area contributed by atoms with Crippen molar-refractivity contribution in [3.8, 4) is 0 Å². The van der Waals surface area contributed by atoms with Crippen LogP contribution in [0.5, 0.6) is 0 Å². The van der Waals surface area contributed by atoms with Crippen molar-refractivity contribution in [1.82, 2.24) is 0 Å². The number of hydrogen-bond acceptors (Lipinski definition) is 1. The number of rotatable bonds is 6. The highest BCUT2D eigenvalue weighted by Gasteiger charge is 2.34. The molecule has 1 aliphatic carbocycles. The lowest BCUT2D eigenvalue weighted by Gasteiger charge is -2.36. The molecule has 1 atom stereocenters. The van der Waals surface area contributed by atoms with Crippen LogP contribution in [0.15, 0.2) is 35.9 Å². The SMILES string of the molecule is CC[Si](CC)(CC)O[C@@H]1CCCC(c2ccccc2)=C1C. The average molecular weight is 303 g/mol. The van der Waals surface area contributed by atoms with E-state index in [1.165, 1.54) is 54.1 Å². The lowest BCUT2D eigenvalue weighted by Crippen LogP contribution is -2.41. The summed E-state index contributed by atoms with van der Waals surface area (Å²) in [5.41, 5.74) is 4.40. The standard InChI is InChI=1S/C19H30OSi/c1-5-21(6-2,7-3)20-19-15-11-14-18(16(19)4)17-12-9-8-10-13-17/h8-10,12-13,19H,5-7,11,14-15H2,1-4H3/t19-/m1/s1. The van der Waals surface area contributed by atoms with Crippen LogP contribution in [0.4, 0.5) is 0 Å². The molecule has 2 heteroatoms. The molecular formula is C19H30OSi. The molecule has 0 amide bonds. The normalized spacial score (nSPS) is 19.9. The van der Waals surface area contributed by atoms with Gasteiger partial charge in [0.2, 0.25) is 0 Å². The maximum atomic E-state index is 6.77. The molecule has 1 aliphatic rings. The molecule has 1 aromatic rings. The fourth-order valence-corrected chi connectivity index (χ4v) is 6.43. The quantitative estimate of drug-likeness (QED) is 0.582. The number of hydrogen-bond donors (Lipinski definition) is 0. The Morgan fingerprint density at radius 2 is 1.67 bits per heavy atom. The summed E-state index contributed by atoms with van der Waals surface area (Å²) >= 11 is 0. The second-order valence-corrected chi connectivity index (χ2v) is 11.0. The van der Waals surface area contributed by atoms with Crippen LogP contribution in [0.3, 0.4) is 0 Å². The van der Waals surface area contributed by atoms with Crippen LogP contribution in [0.25, 0.3) is 5.57 Å². The minimum atomic E-state index is -1.51. The summed E-state index contributed by atoms with van der Waals surface area (Å²) in [5, 5.41) is 0. The van der Waals surface area contributed by atoms with E-state index in [2.05, 4.69) is 58.0 Å². The van der Waals surface area contributed by atoms with E-state index in [0.717, 1.165) is 0 Å². The third kappa shape index (κ3) is 3.67. The van der Waals surface area contributed by atoms with Gasteiger partial charge < -0.3 is 4.43 Å². The predicted octanol–water partition coefficient (Wildman–Crippen LogP) is 6.03. The van der Waals surface area contributed by atoms with Crippen LogP contribution in [-0.4, -0.2) is 14.4 Å². The minimum Gasteiger partial charge on any atom is -0.410 e. The van der Waals surface area contributed by atoms with E-state index >= 15 is 0 Å². The molecule has 0 N–H and O–H groups in total. The average Bonchev–Trinajstić information content (AvgIpc) is 2.55. The Morgan fingerprint density at radius 3 is 2.24 bits per heavy atom. The second kappa shape index (κ2) is 7.41. The molecule has 0 fully saturated rings. The summed E-state index contributed by atoms with van der Waals surface area (Å²) in [6.45, 7) is 9.25. The maximum absolute atomic E-state index is 6.77. The van der Waals surface area contributed by atoms with Crippen molar-refractivity contribution >= 4 is 13.9 Å². The summed E-state index contributed by atoms with van der Waals surface area (Å²) < 4.78 is 6.77. The molecule has 0 saturated heterocycles. The van der Waals surface area contributed by atoms with E-state index in [4.69, 9.17) is 4.43 Å². The van der Waals surface area contributed by atoms with Crippen molar-refractivity contribution in [2.24, 2.45) is 0 Å². The summed E-state index contributed by atoms with van der Waals surface area (Å²) in [5.74, 6) is 0. The van der Waals surface area contributed by atoms with Crippen molar-refractivity contribution in [3.63, 3.8) is 0 Å². The minimum absolute atomic E-state index is 0.362. The Bertz CT molecular complexity index is 465.